The summed E-state index contributed by atoms with van der Waals surface area (Å²) in [4.78, 5) is 38.7. The van der Waals surface area contributed by atoms with Gasteiger partial charge in [0.25, 0.3) is 11.8 Å². The number of nitrogens with one attached hydrogen (secondary N) is 1. The van der Waals surface area contributed by atoms with Crippen LogP contribution in [0.4, 0.5) is 20.2 Å². The molecule has 1 saturated heterocycles. The van der Waals surface area contributed by atoms with Crippen LogP contribution in [0, 0.1) is 18.6 Å². The highest BCUT2D eigenvalue weighted by Crippen LogP contribution is 2.31. The lowest BCUT2D eigenvalue weighted by molar-refractivity contribution is -0.123. The summed E-state index contributed by atoms with van der Waals surface area (Å²) in [6, 6.07) is 7.48. The molecule has 29 heavy (non-hydrogen) atoms. The Balaban J connectivity index is 1.49. The smallest absolute Gasteiger partial charge is 0.263 e. The van der Waals surface area contributed by atoms with Crippen molar-refractivity contribution >= 4 is 29.1 Å². The van der Waals surface area contributed by atoms with Gasteiger partial charge in [-0.1, -0.05) is 22.9 Å². The van der Waals surface area contributed by atoms with Crippen molar-refractivity contribution in [1.82, 2.24) is 5.01 Å². The van der Waals surface area contributed by atoms with Gasteiger partial charge in [0.05, 0.1) is 11.4 Å². The zero-order chi connectivity index (χ0) is 20.7. The molecule has 0 saturated carbocycles. The van der Waals surface area contributed by atoms with Crippen molar-refractivity contribution in [2.24, 2.45) is 10.3 Å². The highest BCUT2D eigenvalue weighted by Gasteiger charge is 2.55. The average molecular weight is 399 g/mol. The first-order chi connectivity index (χ1) is 13.8. The van der Waals surface area contributed by atoms with E-state index in [1.165, 1.54) is 0 Å². The standard InChI is InChI=1S/C19H15F2N5O3/c1-10-2-5-12(6-3-10)26-18(28)16-17(19(26)29)25(24-23-16)9-15(27)22-14-7-4-11(20)8-13(14)21/h2-8,16-17H,9H2,1H3,(H,22,27)/t16-,17+/m0/s1. The number of carbonyl (C=O) groups excluding carboxylic acids is 3. The number of nitrogens with zero attached hydrogens (tertiary/aromatic N) is 4. The van der Waals surface area contributed by atoms with E-state index in [2.05, 4.69) is 15.7 Å². The molecule has 0 bridgehead atoms. The first-order valence-corrected chi connectivity index (χ1v) is 8.72. The van der Waals surface area contributed by atoms with Crippen LogP contribution in [0.5, 0.6) is 0 Å². The maximum Gasteiger partial charge on any atom is 0.263 e. The van der Waals surface area contributed by atoms with Crippen molar-refractivity contribution in [3.63, 3.8) is 0 Å². The molecule has 148 valence electrons. The second kappa shape index (κ2) is 7.04. The van der Waals surface area contributed by atoms with E-state index in [1.54, 1.807) is 24.3 Å². The predicted molar refractivity (Wildman–Crippen MR) is 97.8 cm³/mol. The fourth-order valence-corrected chi connectivity index (χ4v) is 3.23. The molecule has 2 aliphatic heterocycles. The Labute approximate surface area is 163 Å². The molecule has 1 N–H and O–H groups in total. The fraction of sp³-hybridized carbons (Fsp3) is 0.211. The Kier molecular flexibility index (Phi) is 4.53. The third-order valence-corrected chi connectivity index (χ3v) is 4.66. The molecule has 2 aromatic rings. The Bertz CT molecular complexity index is 1040. The second-order valence-corrected chi connectivity index (χ2v) is 6.71. The van der Waals surface area contributed by atoms with Crippen molar-refractivity contribution in [2.75, 3.05) is 16.8 Å². The highest BCUT2D eigenvalue weighted by atomic mass is 19.1. The van der Waals surface area contributed by atoms with E-state index in [-0.39, 0.29) is 5.69 Å². The summed E-state index contributed by atoms with van der Waals surface area (Å²) >= 11 is 0. The summed E-state index contributed by atoms with van der Waals surface area (Å²) in [6.07, 6.45) is 0. The Hall–Kier alpha value is -3.69. The zero-order valence-electron chi connectivity index (χ0n) is 15.2. The summed E-state index contributed by atoms with van der Waals surface area (Å²) in [7, 11) is 0. The third-order valence-electron chi connectivity index (χ3n) is 4.66. The molecule has 0 spiro atoms. The van der Waals surface area contributed by atoms with E-state index < -0.39 is 48.0 Å². The lowest BCUT2D eigenvalue weighted by atomic mass is 10.1. The van der Waals surface area contributed by atoms with Gasteiger partial charge in [-0.3, -0.25) is 19.4 Å². The fourth-order valence-electron chi connectivity index (χ4n) is 3.23. The van der Waals surface area contributed by atoms with Gasteiger partial charge in [0.2, 0.25) is 5.91 Å². The van der Waals surface area contributed by atoms with Crippen molar-refractivity contribution < 1.29 is 23.2 Å². The Morgan fingerprint density at radius 1 is 1.10 bits per heavy atom. The molecule has 4 rings (SSSR count). The normalized spacial score (nSPS) is 20.4. The maximum atomic E-state index is 13.7. The Morgan fingerprint density at radius 2 is 1.83 bits per heavy atom. The van der Waals surface area contributed by atoms with Crippen LogP contribution in [0.1, 0.15) is 5.56 Å². The molecule has 8 nitrogen and oxygen atoms in total. The molecule has 2 heterocycles. The van der Waals surface area contributed by atoms with Gasteiger partial charge in [0.15, 0.2) is 12.1 Å². The number of imide groups is 1. The Morgan fingerprint density at radius 3 is 2.52 bits per heavy atom. The van der Waals surface area contributed by atoms with Crippen molar-refractivity contribution in [2.45, 2.75) is 19.0 Å². The maximum absolute atomic E-state index is 13.7. The van der Waals surface area contributed by atoms with Crippen LogP contribution < -0.4 is 10.2 Å². The van der Waals surface area contributed by atoms with Crippen molar-refractivity contribution in [3.8, 4) is 0 Å². The summed E-state index contributed by atoms with van der Waals surface area (Å²) in [5.41, 5.74) is 1.17. The lowest BCUT2D eigenvalue weighted by Gasteiger charge is -2.20. The molecule has 0 aliphatic carbocycles. The number of hydrogen-bond acceptors (Lipinski definition) is 6. The van der Waals surface area contributed by atoms with E-state index in [9.17, 15) is 23.2 Å². The van der Waals surface area contributed by atoms with Crippen LogP contribution in [-0.2, 0) is 14.4 Å². The number of halogens is 2. The monoisotopic (exact) mass is 399 g/mol. The van der Waals surface area contributed by atoms with Crippen LogP contribution in [0.2, 0.25) is 0 Å². The number of rotatable bonds is 4. The molecule has 0 aromatic heterocycles. The van der Waals surface area contributed by atoms with E-state index in [1.807, 2.05) is 6.92 Å². The number of anilines is 2. The first kappa shape index (κ1) is 18.7. The quantitative estimate of drug-likeness (QED) is 0.798. The minimum absolute atomic E-state index is 0.209. The molecule has 3 amide bonds. The SMILES string of the molecule is Cc1ccc(N2C(=O)[C@H]3N=NN(CC(=O)Nc4ccc(F)cc4F)[C@H]3C2=O)cc1. The van der Waals surface area contributed by atoms with Gasteiger partial charge >= 0.3 is 0 Å². The molecular formula is C19H15F2N5O3. The minimum Gasteiger partial charge on any atom is -0.322 e. The largest absolute Gasteiger partial charge is 0.322 e. The summed E-state index contributed by atoms with van der Waals surface area (Å²) in [5.74, 6) is -3.47. The average Bonchev–Trinajstić information content (AvgIpc) is 3.19. The lowest BCUT2D eigenvalue weighted by Crippen LogP contribution is -2.43. The van der Waals surface area contributed by atoms with Gasteiger partial charge in [0.1, 0.15) is 18.2 Å². The predicted octanol–water partition coefficient (Wildman–Crippen LogP) is 2.21. The number of hydrogen-bond donors (Lipinski definition) is 1. The van der Waals surface area contributed by atoms with E-state index in [0.29, 0.717) is 11.8 Å². The van der Waals surface area contributed by atoms with Gasteiger partial charge in [-0.2, -0.15) is 5.11 Å². The zero-order valence-corrected chi connectivity index (χ0v) is 15.2. The van der Waals surface area contributed by atoms with Crippen molar-refractivity contribution in [1.29, 1.82) is 0 Å². The van der Waals surface area contributed by atoms with Crippen LogP contribution in [0.25, 0.3) is 0 Å². The van der Waals surface area contributed by atoms with E-state index in [0.717, 1.165) is 27.6 Å². The summed E-state index contributed by atoms with van der Waals surface area (Å²) < 4.78 is 26.7. The van der Waals surface area contributed by atoms with Gasteiger partial charge < -0.3 is 5.32 Å². The van der Waals surface area contributed by atoms with Gasteiger partial charge in [0, 0.05) is 6.07 Å². The molecular weight excluding hydrogens is 384 g/mol. The van der Waals surface area contributed by atoms with Crippen LogP contribution in [0.3, 0.4) is 0 Å². The van der Waals surface area contributed by atoms with Crippen LogP contribution in [0.15, 0.2) is 52.8 Å². The summed E-state index contributed by atoms with van der Waals surface area (Å²) in [6.45, 7) is 1.45. The highest BCUT2D eigenvalue weighted by molar-refractivity contribution is 6.25. The topological polar surface area (TPSA) is 94.4 Å². The number of amides is 3. The second-order valence-electron chi connectivity index (χ2n) is 6.71. The van der Waals surface area contributed by atoms with Gasteiger partial charge in [-0.25, -0.2) is 13.7 Å². The molecule has 0 unspecified atom stereocenters. The molecule has 10 heteroatoms. The number of benzene rings is 2. The minimum atomic E-state index is -1.05. The molecule has 2 aliphatic rings. The van der Waals surface area contributed by atoms with Gasteiger partial charge in [-0.15, -0.1) is 0 Å². The van der Waals surface area contributed by atoms with E-state index >= 15 is 0 Å². The number of fused-ring (bicyclic) bond motifs is 1. The first-order valence-electron chi connectivity index (χ1n) is 8.72. The van der Waals surface area contributed by atoms with Gasteiger partial charge in [-0.05, 0) is 31.2 Å². The van der Waals surface area contributed by atoms with E-state index in [4.69, 9.17) is 0 Å². The molecule has 2 aromatic carbocycles. The number of aryl methyl sites for hydroxylation is 1. The van der Waals surface area contributed by atoms with Crippen molar-refractivity contribution in [3.05, 3.63) is 59.7 Å². The molecule has 2 atom stereocenters. The molecule has 1 fully saturated rings. The van der Waals surface area contributed by atoms with Crippen LogP contribution in [-0.4, -0.2) is 41.4 Å². The molecule has 0 radical (unpaired) electrons. The summed E-state index contributed by atoms with van der Waals surface area (Å²) in [5, 5.41) is 11.0. The van der Waals surface area contributed by atoms with Crippen LogP contribution >= 0.6 is 0 Å². The number of carbonyl (C=O) groups is 3. The third kappa shape index (κ3) is 3.33.